The Bertz CT molecular complexity index is 563. The van der Waals surface area contributed by atoms with Gasteiger partial charge in [-0.15, -0.1) is 0 Å². The van der Waals surface area contributed by atoms with Crippen molar-refractivity contribution in [1.82, 2.24) is 4.90 Å². The summed E-state index contributed by atoms with van der Waals surface area (Å²) in [5.41, 5.74) is 0.813. The Morgan fingerprint density at radius 3 is 2.68 bits per heavy atom. The monoisotopic (exact) mass is 293 g/mol. The SMILES string of the molecule is O=C1/C(=C/c2ccc(F)cc2)SC(=S)N1CC1CC1. The predicted molar refractivity (Wildman–Crippen MR) is 79.0 cm³/mol. The molecule has 1 aromatic carbocycles. The summed E-state index contributed by atoms with van der Waals surface area (Å²) in [6, 6.07) is 6.08. The van der Waals surface area contributed by atoms with Crippen LogP contribution in [-0.4, -0.2) is 21.7 Å². The quantitative estimate of drug-likeness (QED) is 0.629. The first-order valence-electron chi connectivity index (χ1n) is 6.14. The standard InChI is InChI=1S/C14H12FNOS2/c15-11-5-3-9(4-6-11)7-12-13(17)16(14(18)19-12)8-10-1-2-10/h3-7,10H,1-2,8H2/b12-7-. The van der Waals surface area contributed by atoms with Crippen molar-refractivity contribution in [2.24, 2.45) is 5.92 Å². The van der Waals surface area contributed by atoms with Crippen molar-refractivity contribution in [3.63, 3.8) is 0 Å². The fourth-order valence-corrected chi connectivity index (χ4v) is 3.20. The van der Waals surface area contributed by atoms with E-state index in [2.05, 4.69) is 0 Å². The van der Waals surface area contributed by atoms with Crippen LogP contribution in [0.15, 0.2) is 29.2 Å². The van der Waals surface area contributed by atoms with Crippen molar-refractivity contribution in [2.45, 2.75) is 12.8 Å². The van der Waals surface area contributed by atoms with Crippen LogP contribution in [0.5, 0.6) is 0 Å². The Balaban J connectivity index is 1.79. The fourth-order valence-electron chi connectivity index (χ4n) is 1.93. The lowest BCUT2D eigenvalue weighted by Gasteiger charge is -2.12. The van der Waals surface area contributed by atoms with Gasteiger partial charge in [-0.3, -0.25) is 9.69 Å². The van der Waals surface area contributed by atoms with Gasteiger partial charge in [0.15, 0.2) is 0 Å². The van der Waals surface area contributed by atoms with Gasteiger partial charge in [-0.2, -0.15) is 0 Å². The molecule has 3 rings (SSSR count). The molecule has 98 valence electrons. The molecule has 1 aliphatic carbocycles. The summed E-state index contributed by atoms with van der Waals surface area (Å²) in [6.07, 6.45) is 4.15. The maximum atomic E-state index is 12.8. The topological polar surface area (TPSA) is 20.3 Å². The fraction of sp³-hybridized carbons (Fsp3) is 0.286. The largest absolute Gasteiger partial charge is 0.293 e. The molecule has 1 heterocycles. The molecule has 0 N–H and O–H groups in total. The number of rotatable bonds is 3. The van der Waals surface area contributed by atoms with Gasteiger partial charge in [0.05, 0.1) is 4.91 Å². The van der Waals surface area contributed by atoms with Crippen LogP contribution in [0.2, 0.25) is 0 Å². The number of halogens is 1. The molecular weight excluding hydrogens is 281 g/mol. The first-order valence-corrected chi connectivity index (χ1v) is 7.37. The Kier molecular flexibility index (Phi) is 3.41. The number of nitrogens with zero attached hydrogens (tertiary/aromatic N) is 1. The lowest BCUT2D eigenvalue weighted by atomic mass is 10.2. The zero-order valence-electron chi connectivity index (χ0n) is 10.1. The number of thioether (sulfide) groups is 1. The van der Waals surface area contributed by atoms with Gasteiger partial charge in [0, 0.05) is 6.54 Å². The molecule has 2 fully saturated rings. The third kappa shape index (κ3) is 2.87. The predicted octanol–water partition coefficient (Wildman–Crippen LogP) is 3.44. The average Bonchev–Trinajstić information content (AvgIpc) is 3.16. The van der Waals surface area contributed by atoms with Gasteiger partial charge in [0.1, 0.15) is 10.1 Å². The van der Waals surface area contributed by atoms with Crippen LogP contribution in [0.25, 0.3) is 6.08 Å². The van der Waals surface area contributed by atoms with Crippen molar-refractivity contribution in [3.8, 4) is 0 Å². The number of hydrogen-bond acceptors (Lipinski definition) is 3. The van der Waals surface area contributed by atoms with Gasteiger partial charge in [-0.05, 0) is 42.5 Å². The number of carbonyl (C=O) groups excluding carboxylic acids is 1. The van der Waals surface area contributed by atoms with Crippen molar-refractivity contribution < 1.29 is 9.18 Å². The first-order chi connectivity index (χ1) is 9.13. The van der Waals surface area contributed by atoms with Crippen LogP contribution >= 0.6 is 24.0 Å². The van der Waals surface area contributed by atoms with Crippen molar-refractivity contribution >= 4 is 40.3 Å². The van der Waals surface area contributed by atoms with E-state index in [9.17, 15) is 9.18 Å². The van der Waals surface area contributed by atoms with Crippen LogP contribution < -0.4 is 0 Å². The van der Waals surface area contributed by atoms with E-state index in [1.165, 1.54) is 36.7 Å². The highest BCUT2D eigenvalue weighted by molar-refractivity contribution is 8.26. The number of hydrogen-bond donors (Lipinski definition) is 0. The third-order valence-electron chi connectivity index (χ3n) is 3.18. The second-order valence-corrected chi connectivity index (χ2v) is 6.46. The van der Waals surface area contributed by atoms with Gasteiger partial charge in [0.25, 0.3) is 5.91 Å². The van der Waals surface area contributed by atoms with E-state index in [0.717, 1.165) is 12.1 Å². The van der Waals surface area contributed by atoms with Crippen LogP contribution in [0.4, 0.5) is 4.39 Å². The Morgan fingerprint density at radius 2 is 2.05 bits per heavy atom. The second kappa shape index (κ2) is 5.06. The number of amides is 1. The van der Waals surface area contributed by atoms with Crippen LogP contribution in [-0.2, 0) is 4.79 Å². The molecule has 1 saturated carbocycles. The molecule has 0 aromatic heterocycles. The zero-order chi connectivity index (χ0) is 13.4. The zero-order valence-corrected chi connectivity index (χ0v) is 11.8. The summed E-state index contributed by atoms with van der Waals surface area (Å²) in [4.78, 5) is 14.5. The minimum absolute atomic E-state index is 0.0220. The molecule has 19 heavy (non-hydrogen) atoms. The number of carbonyl (C=O) groups is 1. The van der Waals surface area contributed by atoms with E-state index in [4.69, 9.17) is 12.2 Å². The molecule has 1 aliphatic heterocycles. The summed E-state index contributed by atoms with van der Waals surface area (Å²) < 4.78 is 13.5. The Morgan fingerprint density at radius 1 is 1.37 bits per heavy atom. The molecule has 0 unspecified atom stereocenters. The minimum Gasteiger partial charge on any atom is -0.293 e. The third-order valence-corrected chi connectivity index (χ3v) is 4.56. The highest BCUT2D eigenvalue weighted by Gasteiger charge is 2.36. The van der Waals surface area contributed by atoms with E-state index in [-0.39, 0.29) is 11.7 Å². The van der Waals surface area contributed by atoms with E-state index in [0.29, 0.717) is 15.1 Å². The van der Waals surface area contributed by atoms with Gasteiger partial charge in [-0.25, -0.2) is 4.39 Å². The Hall–Kier alpha value is -1.20. The van der Waals surface area contributed by atoms with Gasteiger partial charge in [0.2, 0.25) is 0 Å². The smallest absolute Gasteiger partial charge is 0.266 e. The van der Waals surface area contributed by atoms with E-state index in [1.54, 1.807) is 23.1 Å². The lowest BCUT2D eigenvalue weighted by molar-refractivity contribution is -0.122. The molecule has 1 amide bonds. The summed E-state index contributed by atoms with van der Waals surface area (Å²) in [5.74, 6) is 0.317. The lowest BCUT2D eigenvalue weighted by Crippen LogP contribution is -2.30. The van der Waals surface area contributed by atoms with E-state index >= 15 is 0 Å². The highest BCUT2D eigenvalue weighted by Crippen LogP contribution is 2.37. The summed E-state index contributed by atoms with van der Waals surface area (Å²) in [7, 11) is 0. The van der Waals surface area contributed by atoms with Crippen molar-refractivity contribution in [1.29, 1.82) is 0 Å². The molecule has 1 saturated heterocycles. The molecule has 2 nitrogen and oxygen atoms in total. The summed E-state index contributed by atoms with van der Waals surface area (Å²) >= 11 is 6.57. The molecule has 0 atom stereocenters. The number of thiocarbonyl (C=S) groups is 1. The molecule has 0 bridgehead atoms. The summed E-state index contributed by atoms with van der Waals surface area (Å²) in [6.45, 7) is 0.741. The van der Waals surface area contributed by atoms with Gasteiger partial charge < -0.3 is 0 Å². The second-order valence-electron chi connectivity index (χ2n) is 4.79. The van der Waals surface area contributed by atoms with Crippen molar-refractivity contribution in [3.05, 3.63) is 40.6 Å². The molecule has 2 aliphatic rings. The van der Waals surface area contributed by atoms with E-state index in [1.807, 2.05) is 0 Å². The van der Waals surface area contributed by atoms with E-state index < -0.39 is 0 Å². The van der Waals surface area contributed by atoms with Crippen LogP contribution in [0, 0.1) is 11.7 Å². The summed E-state index contributed by atoms with van der Waals surface area (Å²) in [5, 5.41) is 0. The van der Waals surface area contributed by atoms with Gasteiger partial charge >= 0.3 is 0 Å². The molecule has 0 spiro atoms. The molecule has 1 aromatic rings. The Labute approximate surface area is 120 Å². The van der Waals surface area contributed by atoms with Crippen LogP contribution in [0.1, 0.15) is 18.4 Å². The van der Waals surface area contributed by atoms with Crippen molar-refractivity contribution in [2.75, 3.05) is 6.54 Å². The number of benzene rings is 1. The minimum atomic E-state index is -0.279. The van der Waals surface area contributed by atoms with Crippen LogP contribution in [0.3, 0.4) is 0 Å². The molecular formula is C14H12FNOS2. The first kappa shape index (κ1) is 12.8. The average molecular weight is 293 g/mol. The maximum Gasteiger partial charge on any atom is 0.266 e. The maximum absolute atomic E-state index is 12.8. The van der Waals surface area contributed by atoms with Gasteiger partial charge in [-0.1, -0.05) is 36.1 Å². The molecule has 0 radical (unpaired) electrons. The normalized spacial score (nSPS) is 21.5. The highest BCUT2D eigenvalue weighted by atomic mass is 32.2. The molecule has 5 heteroatoms.